The average Bonchev–Trinajstić information content (AvgIpc) is 2.74. The van der Waals surface area contributed by atoms with Gasteiger partial charge in [0, 0.05) is 30.0 Å². The molecule has 2 aromatic carbocycles. The van der Waals surface area contributed by atoms with Crippen molar-refractivity contribution in [2.24, 2.45) is 5.92 Å². The fraction of sp³-hybridized carbons (Fsp3) is 0.417. The first-order valence-electron chi connectivity index (χ1n) is 10.6. The second-order valence-corrected chi connectivity index (χ2v) is 7.52. The molecule has 0 saturated heterocycles. The van der Waals surface area contributed by atoms with Gasteiger partial charge < -0.3 is 20.3 Å². The lowest BCUT2D eigenvalue weighted by molar-refractivity contribution is -0.114. The number of hydrogen-bond donors (Lipinski definition) is 2. The number of hydrogen-bond acceptors (Lipinski definition) is 4. The molecule has 0 bridgehead atoms. The molecule has 2 N–H and O–H groups in total. The van der Waals surface area contributed by atoms with E-state index in [2.05, 4.69) is 24.5 Å². The first-order valence-corrected chi connectivity index (χ1v) is 10.6. The standard InChI is InChI=1S/C24H33N3O3/c1-5-27(6-2)24(29)19-8-7-9-21(16-19)25-17-23(28)26-20-10-12-22(13-11-20)30-15-14-18(3)4/h7-13,16,18,25H,5-6,14-15,17H2,1-4H3,(H,26,28). The third-order valence-electron chi connectivity index (χ3n) is 4.72. The zero-order chi connectivity index (χ0) is 21.9. The molecule has 0 aliphatic heterocycles. The minimum Gasteiger partial charge on any atom is -0.494 e. The third-order valence-corrected chi connectivity index (χ3v) is 4.72. The molecular weight excluding hydrogens is 378 g/mol. The molecule has 2 rings (SSSR count). The van der Waals surface area contributed by atoms with Crippen LogP contribution in [0.1, 0.15) is 44.5 Å². The molecule has 0 atom stereocenters. The van der Waals surface area contributed by atoms with Crippen LogP contribution < -0.4 is 15.4 Å². The van der Waals surface area contributed by atoms with E-state index in [-0.39, 0.29) is 18.4 Å². The predicted molar refractivity (Wildman–Crippen MR) is 122 cm³/mol. The van der Waals surface area contributed by atoms with Crippen LogP contribution in [0, 0.1) is 5.92 Å². The van der Waals surface area contributed by atoms with Crippen molar-refractivity contribution in [3.05, 3.63) is 54.1 Å². The lowest BCUT2D eigenvalue weighted by Crippen LogP contribution is -2.30. The lowest BCUT2D eigenvalue weighted by Gasteiger charge is -2.19. The summed E-state index contributed by atoms with van der Waals surface area (Å²) in [5.74, 6) is 1.22. The molecule has 30 heavy (non-hydrogen) atoms. The maximum atomic E-state index is 12.5. The number of amides is 2. The third kappa shape index (κ3) is 7.43. The minimum absolute atomic E-state index is 0.0104. The van der Waals surface area contributed by atoms with Gasteiger partial charge in [0.2, 0.25) is 5.91 Å². The summed E-state index contributed by atoms with van der Waals surface area (Å²) in [6, 6.07) is 14.6. The van der Waals surface area contributed by atoms with Gasteiger partial charge in [-0.1, -0.05) is 19.9 Å². The molecule has 2 amide bonds. The molecular formula is C24H33N3O3. The van der Waals surface area contributed by atoms with E-state index in [1.807, 2.05) is 50.2 Å². The molecule has 0 fully saturated rings. The predicted octanol–water partition coefficient (Wildman–Crippen LogP) is 4.64. The van der Waals surface area contributed by atoms with E-state index in [4.69, 9.17) is 4.74 Å². The Morgan fingerprint density at radius 1 is 1.00 bits per heavy atom. The van der Waals surface area contributed by atoms with Gasteiger partial charge in [-0.3, -0.25) is 9.59 Å². The quantitative estimate of drug-likeness (QED) is 0.565. The van der Waals surface area contributed by atoms with E-state index in [1.54, 1.807) is 17.0 Å². The first-order chi connectivity index (χ1) is 14.4. The fourth-order valence-electron chi connectivity index (χ4n) is 2.89. The Morgan fingerprint density at radius 2 is 1.70 bits per heavy atom. The highest BCUT2D eigenvalue weighted by Crippen LogP contribution is 2.17. The molecule has 0 aromatic heterocycles. The second-order valence-electron chi connectivity index (χ2n) is 7.52. The normalized spacial score (nSPS) is 10.6. The Bertz CT molecular complexity index is 815. The van der Waals surface area contributed by atoms with E-state index >= 15 is 0 Å². The van der Waals surface area contributed by atoms with Gasteiger partial charge in [0.1, 0.15) is 5.75 Å². The summed E-state index contributed by atoms with van der Waals surface area (Å²) in [4.78, 5) is 26.5. The van der Waals surface area contributed by atoms with Crippen LogP contribution in [0.5, 0.6) is 5.75 Å². The van der Waals surface area contributed by atoms with Gasteiger partial charge in [0.25, 0.3) is 5.91 Å². The Balaban J connectivity index is 1.84. The largest absolute Gasteiger partial charge is 0.494 e. The van der Waals surface area contributed by atoms with Crippen LogP contribution in [0.4, 0.5) is 11.4 Å². The monoisotopic (exact) mass is 411 g/mol. The highest BCUT2D eigenvalue weighted by Gasteiger charge is 2.12. The van der Waals surface area contributed by atoms with Crippen molar-refractivity contribution in [3.8, 4) is 5.75 Å². The maximum absolute atomic E-state index is 12.5. The molecule has 2 aromatic rings. The van der Waals surface area contributed by atoms with Crippen molar-refractivity contribution in [1.29, 1.82) is 0 Å². The van der Waals surface area contributed by atoms with Crippen LogP contribution in [0.3, 0.4) is 0 Å². The van der Waals surface area contributed by atoms with Crippen LogP contribution in [-0.4, -0.2) is 43.0 Å². The van der Waals surface area contributed by atoms with Crippen LogP contribution in [-0.2, 0) is 4.79 Å². The smallest absolute Gasteiger partial charge is 0.253 e. The second kappa shape index (κ2) is 11.9. The van der Waals surface area contributed by atoms with Gasteiger partial charge in [-0.2, -0.15) is 0 Å². The molecule has 0 aliphatic rings. The van der Waals surface area contributed by atoms with Gasteiger partial charge >= 0.3 is 0 Å². The molecule has 0 aliphatic carbocycles. The van der Waals surface area contributed by atoms with E-state index in [9.17, 15) is 9.59 Å². The van der Waals surface area contributed by atoms with E-state index in [1.165, 1.54) is 0 Å². The Hall–Kier alpha value is -3.02. The topological polar surface area (TPSA) is 70.7 Å². The number of benzene rings is 2. The molecule has 6 nitrogen and oxygen atoms in total. The summed E-state index contributed by atoms with van der Waals surface area (Å²) in [6.07, 6.45) is 1.01. The van der Waals surface area contributed by atoms with Gasteiger partial charge in [-0.15, -0.1) is 0 Å². The number of ether oxygens (including phenoxy) is 1. The first kappa shape index (κ1) is 23.3. The summed E-state index contributed by atoms with van der Waals surface area (Å²) in [5, 5.41) is 5.93. The van der Waals surface area contributed by atoms with E-state index in [0.29, 0.717) is 36.9 Å². The number of carbonyl (C=O) groups excluding carboxylic acids is 2. The lowest BCUT2D eigenvalue weighted by atomic mass is 10.1. The van der Waals surface area contributed by atoms with Crippen LogP contribution in [0.25, 0.3) is 0 Å². The Kier molecular flexibility index (Phi) is 9.19. The van der Waals surface area contributed by atoms with Crippen molar-refractivity contribution < 1.29 is 14.3 Å². The highest BCUT2D eigenvalue weighted by molar-refractivity contribution is 5.96. The van der Waals surface area contributed by atoms with Gasteiger partial charge in [-0.05, 0) is 68.7 Å². The van der Waals surface area contributed by atoms with Crippen LogP contribution in [0.15, 0.2) is 48.5 Å². The number of nitrogens with zero attached hydrogens (tertiary/aromatic N) is 1. The van der Waals surface area contributed by atoms with Crippen molar-refractivity contribution in [2.75, 3.05) is 36.9 Å². The summed E-state index contributed by atoms with van der Waals surface area (Å²) in [7, 11) is 0. The SMILES string of the molecule is CCN(CC)C(=O)c1cccc(NCC(=O)Nc2ccc(OCCC(C)C)cc2)c1. The summed E-state index contributed by atoms with van der Waals surface area (Å²) >= 11 is 0. The molecule has 6 heteroatoms. The van der Waals surface area contributed by atoms with Crippen molar-refractivity contribution in [2.45, 2.75) is 34.1 Å². The van der Waals surface area contributed by atoms with Crippen molar-refractivity contribution in [1.82, 2.24) is 4.90 Å². The number of anilines is 2. The minimum atomic E-state index is -0.163. The number of carbonyl (C=O) groups is 2. The van der Waals surface area contributed by atoms with E-state index in [0.717, 1.165) is 17.9 Å². The molecule has 162 valence electrons. The molecule has 0 radical (unpaired) electrons. The number of nitrogens with one attached hydrogen (secondary N) is 2. The molecule has 0 spiro atoms. The molecule has 0 unspecified atom stereocenters. The summed E-state index contributed by atoms with van der Waals surface area (Å²) in [6.45, 7) is 10.4. The summed E-state index contributed by atoms with van der Waals surface area (Å²) < 4.78 is 5.69. The zero-order valence-electron chi connectivity index (χ0n) is 18.4. The van der Waals surface area contributed by atoms with Gasteiger partial charge in [-0.25, -0.2) is 0 Å². The van der Waals surface area contributed by atoms with E-state index < -0.39 is 0 Å². The fourth-order valence-corrected chi connectivity index (χ4v) is 2.89. The van der Waals surface area contributed by atoms with Gasteiger partial charge in [0.05, 0.1) is 13.2 Å². The van der Waals surface area contributed by atoms with Gasteiger partial charge in [0.15, 0.2) is 0 Å². The van der Waals surface area contributed by atoms with Crippen LogP contribution >= 0.6 is 0 Å². The Labute approximate surface area is 179 Å². The Morgan fingerprint density at radius 3 is 2.33 bits per heavy atom. The number of rotatable bonds is 11. The van der Waals surface area contributed by atoms with Crippen molar-refractivity contribution in [3.63, 3.8) is 0 Å². The maximum Gasteiger partial charge on any atom is 0.253 e. The zero-order valence-corrected chi connectivity index (χ0v) is 18.4. The van der Waals surface area contributed by atoms with Crippen LogP contribution in [0.2, 0.25) is 0 Å². The average molecular weight is 412 g/mol. The van der Waals surface area contributed by atoms with Crippen molar-refractivity contribution >= 4 is 23.2 Å². The molecule has 0 saturated carbocycles. The highest BCUT2D eigenvalue weighted by atomic mass is 16.5. The summed E-state index contributed by atoms with van der Waals surface area (Å²) in [5.41, 5.74) is 2.05. The molecule has 0 heterocycles.